The predicted molar refractivity (Wildman–Crippen MR) is 83.9 cm³/mol. The van der Waals surface area contributed by atoms with Crippen LogP contribution in [0.15, 0.2) is 42.5 Å². The highest BCUT2D eigenvalue weighted by Crippen LogP contribution is 2.33. The van der Waals surface area contributed by atoms with Gasteiger partial charge in [-0.1, -0.05) is 18.2 Å². The smallest absolute Gasteiger partial charge is 0.406 e. The Morgan fingerprint density at radius 2 is 1.92 bits per heavy atom. The van der Waals surface area contributed by atoms with Crippen molar-refractivity contribution in [2.45, 2.75) is 25.6 Å². The summed E-state index contributed by atoms with van der Waals surface area (Å²) < 4.78 is 54.7. The summed E-state index contributed by atoms with van der Waals surface area (Å²) in [5, 5.41) is 0. The largest absolute Gasteiger partial charge is 0.573 e. The number of amides is 1. The highest BCUT2D eigenvalue weighted by atomic mass is 19.4. The molecule has 7 heteroatoms. The maximum absolute atomic E-state index is 13.7. The molecule has 1 aliphatic heterocycles. The van der Waals surface area contributed by atoms with E-state index in [1.54, 1.807) is 18.2 Å². The molecular weight excluding hydrogens is 338 g/mol. The Kier molecular flexibility index (Phi) is 4.65. The SMILES string of the molecule is O=C(Cc1ccccc1F)N1CCCc2cc(OC(F)(F)F)ccc21. The topological polar surface area (TPSA) is 29.5 Å². The minimum absolute atomic E-state index is 0.104. The number of rotatable bonds is 3. The molecule has 0 fully saturated rings. The van der Waals surface area contributed by atoms with Gasteiger partial charge in [0.2, 0.25) is 5.91 Å². The second kappa shape index (κ2) is 6.74. The second-order valence-electron chi connectivity index (χ2n) is 5.76. The van der Waals surface area contributed by atoms with Crippen molar-refractivity contribution in [2.75, 3.05) is 11.4 Å². The molecule has 1 aliphatic rings. The number of fused-ring (bicyclic) bond motifs is 1. The summed E-state index contributed by atoms with van der Waals surface area (Å²) in [5.74, 6) is -1.06. The Bertz CT molecular complexity index is 789. The lowest BCUT2D eigenvalue weighted by atomic mass is 10.0. The van der Waals surface area contributed by atoms with Crippen molar-refractivity contribution in [3.8, 4) is 5.75 Å². The number of nitrogens with zero attached hydrogens (tertiary/aromatic N) is 1. The Morgan fingerprint density at radius 3 is 2.64 bits per heavy atom. The third kappa shape index (κ3) is 4.10. The van der Waals surface area contributed by atoms with Crippen molar-refractivity contribution in [1.82, 2.24) is 0 Å². The van der Waals surface area contributed by atoms with E-state index in [0.717, 1.165) is 0 Å². The quantitative estimate of drug-likeness (QED) is 0.772. The van der Waals surface area contributed by atoms with E-state index in [9.17, 15) is 22.4 Å². The van der Waals surface area contributed by atoms with E-state index >= 15 is 0 Å². The van der Waals surface area contributed by atoms with Crippen LogP contribution in [0.4, 0.5) is 23.2 Å². The Balaban J connectivity index is 1.81. The van der Waals surface area contributed by atoms with Gasteiger partial charge in [0, 0.05) is 12.2 Å². The van der Waals surface area contributed by atoms with Crippen molar-refractivity contribution < 1.29 is 27.1 Å². The minimum Gasteiger partial charge on any atom is -0.406 e. The average molecular weight is 353 g/mol. The van der Waals surface area contributed by atoms with Crippen molar-refractivity contribution >= 4 is 11.6 Å². The van der Waals surface area contributed by atoms with Gasteiger partial charge in [-0.2, -0.15) is 0 Å². The fourth-order valence-electron chi connectivity index (χ4n) is 2.93. The third-order valence-corrected chi connectivity index (χ3v) is 4.00. The number of carbonyl (C=O) groups excluding carboxylic acids is 1. The van der Waals surface area contributed by atoms with Gasteiger partial charge >= 0.3 is 6.36 Å². The molecule has 0 aromatic heterocycles. The number of ether oxygens (including phenoxy) is 1. The minimum atomic E-state index is -4.76. The van der Waals surface area contributed by atoms with Gasteiger partial charge in [-0.05, 0) is 48.2 Å². The first kappa shape index (κ1) is 17.3. The van der Waals surface area contributed by atoms with E-state index in [2.05, 4.69) is 4.74 Å². The van der Waals surface area contributed by atoms with E-state index < -0.39 is 12.2 Å². The summed E-state index contributed by atoms with van der Waals surface area (Å²) in [6.07, 6.45) is -3.70. The molecule has 1 amide bonds. The fourth-order valence-corrected chi connectivity index (χ4v) is 2.93. The Morgan fingerprint density at radius 1 is 1.16 bits per heavy atom. The van der Waals surface area contributed by atoms with Gasteiger partial charge in [0.15, 0.2) is 0 Å². The van der Waals surface area contributed by atoms with E-state index in [1.165, 1.54) is 29.2 Å². The lowest BCUT2D eigenvalue weighted by molar-refractivity contribution is -0.274. The zero-order chi connectivity index (χ0) is 18.0. The third-order valence-electron chi connectivity index (χ3n) is 4.00. The van der Waals surface area contributed by atoms with Crippen LogP contribution >= 0.6 is 0 Å². The number of hydrogen-bond acceptors (Lipinski definition) is 2. The summed E-state index contributed by atoms with van der Waals surface area (Å²) >= 11 is 0. The van der Waals surface area contributed by atoms with Crippen LogP contribution in [0.5, 0.6) is 5.75 Å². The highest BCUT2D eigenvalue weighted by Gasteiger charge is 2.32. The van der Waals surface area contributed by atoms with Crippen LogP contribution in [0.25, 0.3) is 0 Å². The highest BCUT2D eigenvalue weighted by molar-refractivity contribution is 5.96. The lowest BCUT2D eigenvalue weighted by Gasteiger charge is -2.30. The molecule has 0 N–H and O–H groups in total. The van der Waals surface area contributed by atoms with Gasteiger partial charge in [-0.3, -0.25) is 4.79 Å². The van der Waals surface area contributed by atoms with Crippen LogP contribution in [-0.4, -0.2) is 18.8 Å². The molecule has 0 saturated carbocycles. The summed E-state index contributed by atoms with van der Waals surface area (Å²) in [6, 6.07) is 9.94. The van der Waals surface area contributed by atoms with Crippen molar-refractivity contribution in [3.05, 3.63) is 59.4 Å². The molecule has 0 unspecified atom stereocenters. The van der Waals surface area contributed by atoms with Gasteiger partial charge in [0.1, 0.15) is 11.6 Å². The molecule has 0 saturated heterocycles. The summed E-state index contributed by atoms with van der Waals surface area (Å²) in [5.41, 5.74) is 1.44. The molecule has 0 atom stereocenters. The zero-order valence-corrected chi connectivity index (χ0v) is 13.1. The first-order valence-electron chi connectivity index (χ1n) is 7.76. The number of benzene rings is 2. The molecule has 3 rings (SSSR count). The number of halogens is 4. The molecule has 1 heterocycles. The normalized spacial score (nSPS) is 14.2. The van der Waals surface area contributed by atoms with E-state index in [-0.39, 0.29) is 23.6 Å². The number of hydrogen-bond donors (Lipinski definition) is 0. The van der Waals surface area contributed by atoms with Crippen LogP contribution < -0.4 is 9.64 Å². The molecule has 0 aliphatic carbocycles. The van der Waals surface area contributed by atoms with Gasteiger partial charge < -0.3 is 9.64 Å². The predicted octanol–water partition coefficient (Wildman–Crippen LogP) is 4.25. The molecule has 2 aromatic rings. The molecule has 2 aromatic carbocycles. The summed E-state index contributed by atoms with van der Waals surface area (Å²) in [6.45, 7) is 0.444. The summed E-state index contributed by atoms with van der Waals surface area (Å²) in [7, 11) is 0. The first-order valence-corrected chi connectivity index (χ1v) is 7.76. The van der Waals surface area contributed by atoms with E-state index in [0.29, 0.717) is 30.6 Å². The van der Waals surface area contributed by atoms with Gasteiger partial charge in [-0.25, -0.2) is 4.39 Å². The number of aryl methyl sites for hydroxylation is 1. The van der Waals surface area contributed by atoms with Crippen molar-refractivity contribution in [2.24, 2.45) is 0 Å². The van der Waals surface area contributed by atoms with Crippen LogP contribution in [0.1, 0.15) is 17.5 Å². The fraction of sp³-hybridized carbons (Fsp3) is 0.278. The monoisotopic (exact) mass is 353 g/mol. The molecule has 0 radical (unpaired) electrons. The Hall–Kier alpha value is -2.57. The Labute approximate surface area is 141 Å². The molecule has 0 bridgehead atoms. The summed E-state index contributed by atoms with van der Waals surface area (Å²) in [4.78, 5) is 14.0. The molecule has 0 spiro atoms. The van der Waals surface area contributed by atoms with Crippen LogP contribution in [0.3, 0.4) is 0 Å². The van der Waals surface area contributed by atoms with Gasteiger partial charge in [0.25, 0.3) is 0 Å². The lowest BCUT2D eigenvalue weighted by Crippen LogP contribution is -2.36. The maximum atomic E-state index is 13.7. The van der Waals surface area contributed by atoms with Gasteiger partial charge in [0.05, 0.1) is 6.42 Å². The molecular formula is C18H15F4NO2. The van der Waals surface area contributed by atoms with Crippen LogP contribution in [-0.2, 0) is 17.6 Å². The maximum Gasteiger partial charge on any atom is 0.573 e. The average Bonchev–Trinajstić information content (AvgIpc) is 2.54. The van der Waals surface area contributed by atoms with Crippen molar-refractivity contribution in [1.29, 1.82) is 0 Å². The van der Waals surface area contributed by atoms with Crippen molar-refractivity contribution in [3.63, 3.8) is 0 Å². The van der Waals surface area contributed by atoms with E-state index in [1.807, 2.05) is 0 Å². The first-order chi connectivity index (χ1) is 11.8. The number of alkyl halides is 3. The van der Waals surface area contributed by atoms with E-state index in [4.69, 9.17) is 0 Å². The van der Waals surface area contributed by atoms with Gasteiger partial charge in [-0.15, -0.1) is 13.2 Å². The standard InChI is InChI=1S/C18H15F4NO2/c19-15-6-2-1-4-12(15)11-17(24)23-9-3-5-13-10-14(7-8-16(13)23)25-18(20,21)22/h1-2,4,6-8,10H,3,5,9,11H2. The second-order valence-corrected chi connectivity index (χ2v) is 5.76. The molecule has 25 heavy (non-hydrogen) atoms. The molecule has 132 valence electrons. The van der Waals surface area contributed by atoms with Crippen LogP contribution in [0, 0.1) is 5.82 Å². The number of anilines is 1. The molecule has 3 nitrogen and oxygen atoms in total. The van der Waals surface area contributed by atoms with Crippen LogP contribution in [0.2, 0.25) is 0 Å². The zero-order valence-electron chi connectivity index (χ0n) is 13.1. The number of carbonyl (C=O) groups is 1.